The molecule has 0 saturated carbocycles. The first-order valence-corrected chi connectivity index (χ1v) is 45.7. The minimum Gasteiger partial charge on any atom is -0.455 e. The standard InChI is InChI=1S/C55H38BrNO.C40H36BNO2.C21H14BrIO/c1-55(2)48-18-9-8-15-46(48)51-49(55)34-50(56)52-47-17-10-16-45(53(47)58-54(51)52)39-25-31-44(32-26-39)57(42-27-21-37(22-28-42)35-11-4-3-5-12-35)43-29-23-38(24-30-43)41-20-19-36-13-6-7-14-40(36)33-41;1-39(2)40(3,4)44-41(43-39)35-20-26-38(27-21-35)42(36-22-16-31(17-23-36)29-10-6-5-7-11-29)37-24-18-32(19-25-37)34-15-14-30-12-8-9-13-33(30)28-34;1-21(2)13-8-4-3-6-11(13)17-14(21)10-15(22)18-12-7-5-9-16(23)19(12)24-20(17)18/h3-34H,1-2H3;5-28H,1-4H3;3-10H,1-2H3. The van der Waals surface area contributed by atoms with Crippen LogP contribution in [0.25, 0.3) is 143 Å². The van der Waals surface area contributed by atoms with Crippen LogP contribution < -0.4 is 15.3 Å². The van der Waals surface area contributed by atoms with Crippen molar-refractivity contribution in [2.75, 3.05) is 9.80 Å². The summed E-state index contributed by atoms with van der Waals surface area (Å²) in [5, 5.41) is 9.58. The van der Waals surface area contributed by atoms with Gasteiger partial charge in [0.25, 0.3) is 0 Å². The van der Waals surface area contributed by atoms with Crippen LogP contribution in [0.2, 0.25) is 0 Å². The third-order valence-corrected chi connectivity index (χ3v) is 28.6. The Labute approximate surface area is 766 Å². The van der Waals surface area contributed by atoms with E-state index in [9.17, 15) is 0 Å². The molecule has 0 unspecified atom stereocenters. The van der Waals surface area contributed by atoms with Gasteiger partial charge in [-0.3, -0.25) is 0 Å². The Kier molecular flexibility index (Phi) is 20.5. The zero-order valence-electron chi connectivity index (χ0n) is 71.2. The molecule has 0 atom stereocenters. The summed E-state index contributed by atoms with van der Waals surface area (Å²) < 4.78 is 29.4. The Bertz CT molecular complexity index is 7580. The summed E-state index contributed by atoms with van der Waals surface area (Å²) in [7, 11) is -0.395. The fourth-order valence-corrected chi connectivity index (χ4v) is 20.9. The van der Waals surface area contributed by atoms with E-state index in [1.807, 2.05) is 0 Å². The molecule has 20 aromatic rings. The maximum absolute atomic E-state index is 7.01. The van der Waals surface area contributed by atoms with Crippen molar-refractivity contribution in [3.05, 3.63) is 423 Å². The molecule has 10 heteroatoms. The summed E-state index contributed by atoms with van der Waals surface area (Å²) in [6.45, 7) is 17.6. The lowest BCUT2D eigenvalue weighted by Crippen LogP contribution is -2.41. The summed E-state index contributed by atoms with van der Waals surface area (Å²) in [6, 6.07) is 139. The van der Waals surface area contributed by atoms with Crippen LogP contribution in [-0.4, -0.2) is 18.3 Å². The molecule has 1 fully saturated rings. The molecular formula is C116H88BBr2IN2O4. The highest BCUT2D eigenvalue weighted by molar-refractivity contribution is 14.1. The first kappa shape index (κ1) is 80.5. The van der Waals surface area contributed by atoms with E-state index in [-0.39, 0.29) is 22.0 Å². The summed E-state index contributed by atoms with van der Waals surface area (Å²) in [5.74, 6) is 0. The fraction of sp³-hybridized carbons (Fsp3) is 0.103. The summed E-state index contributed by atoms with van der Waals surface area (Å²) in [5.41, 5.74) is 32.5. The lowest BCUT2D eigenvalue weighted by molar-refractivity contribution is 0.00578. The molecule has 3 heterocycles. The predicted octanol–water partition coefficient (Wildman–Crippen LogP) is 33.5. The molecule has 6 nitrogen and oxygen atoms in total. The van der Waals surface area contributed by atoms with Gasteiger partial charge in [-0.1, -0.05) is 345 Å². The molecule has 2 aliphatic carbocycles. The number of para-hydroxylation sites is 2. The van der Waals surface area contributed by atoms with Crippen LogP contribution in [0.15, 0.2) is 406 Å². The van der Waals surface area contributed by atoms with E-state index < -0.39 is 7.12 Å². The number of anilines is 6. The molecule has 0 spiro atoms. The second kappa shape index (κ2) is 32.1. The number of hydrogen-bond acceptors (Lipinski definition) is 6. The van der Waals surface area contributed by atoms with Crippen molar-refractivity contribution >= 4 is 167 Å². The van der Waals surface area contributed by atoms with Gasteiger partial charge in [-0.15, -0.1) is 0 Å². The molecule has 0 radical (unpaired) electrons. The van der Waals surface area contributed by atoms with Gasteiger partial charge in [0.05, 0.1) is 14.8 Å². The normalized spacial score (nSPS) is 14.2. The molecule has 18 aromatic carbocycles. The van der Waals surface area contributed by atoms with Crippen molar-refractivity contribution in [2.24, 2.45) is 0 Å². The SMILES string of the molecule is CC1(C)OB(c2ccc(N(c3ccc(-c4ccccc4)cc3)c3ccc(-c4ccc5ccccc5c4)cc3)cc2)OC1(C)C.CC1(C)c2ccccc2-c2c1cc(Br)c1c2oc2c(-c3ccc(N(c4ccc(-c5ccccc5)cc4)c4ccc(-c5ccc6ccccc6c5)cc4)cc3)cccc21.CC1(C)c2ccccc2-c2c1cc(Br)c1c2oc2c(I)cccc21. The minimum atomic E-state index is -0.395. The van der Waals surface area contributed by atoms with Gasteiger partial charge in [-0.05, 0) is 264 Å². The van der Waals surface area contributed by atoms with E-state index >= 15 is 0 Å². The Morgan fingerprint density at radius 3 is 1.00 bits per heavy atom. The highest BCUT2D eigenvalue weighted by Gasteiger charge is 2.52. The molecule has 2 aromatic heterocycles. The molecule has 0 N–H and O–H groups in total. The van der Waals surface area contributed by atoms with Gasteiger partial charge in [-0.25, -0.2) is 0 Å². The largest absolute Gasteiger partial charge is 0.494 e. The maximum atomic E-state index is 7.01. The van der Waals surface area contributed by atoms with E-state index in [1.165, 1.54) is 121 Å². The predicted molar refractivity (Wildman–Crippen MR) is 544 cm³/mol. The van der Waals surface area contributed by atoms with Crippen LogP contribution in [0.3, 0.4) is 0 Å². The minimum absolute atomic E-state index is 0.0191. The fourth-order valence-electron chi connectivity index (χ4n) is 19.0. The lowest BCUT2D eigenvalue weighted by Gasteiger charge is -2.32. The van der Waals surface area contributed by atoms with E-state index in [1.54, 1.807) is 0 Å². The third-order valence-electron chi connectivity index (χ3n) is 26.5. The average molecular weight is 1870 g/mol. The summed E-state index contributed by atoms with van der Waals surface area (Å²) >= 11 is 10.1. The van der Waals surface area contributed by atoms with Crippen LogP contribution in [0.4, 0.5) is 34.1 Å². The smallest absolute Gasteiger partial charge is 0.455 e. The van der Waals surface area contributed by atoms with Crippen molar-refractivity contribution < 1.29 is 18.1 Å². The Hall–Kier alpha value is -12.6. The van der Waals surface area contributed by atoms with Crippen LogP contribution in [0.5, 0.6) is 0 Å². The van der Waals surface area contributed by atoms with Crippen molar-refractivity contribution in [2.45, 2.75) is 77.4 Å². The number of hydrogen-bond donors (Lipinski definition) is 0. The number of nitrogens with zero attached hydrogens (tertiary/aromatic N) is 2. The number of furan rings is 2. The van der Waals surface area contributed by atoms with Gasteiger partial charge in [0.15, 0.2) is 0 Å². The number of rotatable bonds is 12. The summed E-state index contributed by atoms with van der Waals surface area (Å²) in [6.07, 6.45) is 0. The molecule has 1 aliphatic heterocycles. The van der Waals surface area contributed by atoms with Crippen molar-refractivity contribution in [1.29, 1.82) is 0 Å². The van der Waals surface area contributed by atoms with Gasteiger partial charge in [-0.2, -0.15) is 0 Å². The van der Waals surface area contributed by atoms with Gasteiger partial charge in [0.2, 0.25) is 0 Å². The van der Waals surface area contributed by atoms with Crippen LogP contribution in [0.1, 0.15) is 77.6 Å². The molecule has 1 saturated heterocycles. The van der Waals surface area contributed by atoms with E-state index in [0.29, 0.717) is 0 Å². The molecule has 3 aliphatic rings. The van der Waals surface area contributed by atoms with E-state index in [4.69, 9.17) is 18.1 Å². The quantitative estimate of drug-likeness (QED) is 0.0897. The zero-order chi connectivity index (χ0) is 85.9. The average Bonchev–Trinajstić information content (AvgIpc) is 1.55. The molecule has 610 valence electrons. The van der Waals surface area contributed by atoms with Crippen LogP contribution in [0, 0.1) is 3.57 Å². The van der Waals surface area contributed by atoms with Gasteiger partial charge >= 0.3 is 7.12 Å². The van der Waals surface area contributed by atoms with Crippen molar-refractivity contribution in [1.82, 2.24) is 0 Å². The molecule has 23 rings (SSSR count). The first-order valence-electron chi connectivity index (χ1n) is 43.1. The molecular weight excluding hydrogens is 1780 g/mol. The highest BCUT2D eigenvalue weighted by atomic mass is 127. The number of fused-ring (bicyclic) bond motifs is 16. The summed E-state index contributed by atoms with van der Waals surface area (Å²) in [4.78, 5) is 4.64. The highest BCUT2D eigenvalue weighted by Crippen LogP contribution is 2.57. The van der Waals surface area contributed by atoms with Crippen LogP contribution >= 0.6 is 54.5 Å². The number of benzene rings is 18. The van der Waals surface area contributed by atoms with Gasteiger partial charge < -0.3 is 27.9 Å². The Morgan fingerprint density at radius 2 is 0.579 bits per heavy atom. The second-order valence-electron chi connectivity index (χ2n) is 35.3. The topological polar surface area (TPSA) is 51.2 Å². The van der Waals surface area contributed by atoms with E-state index in [2.05, 4.69) is 508 Å². The second-order valence-corrected chi connectivity index (χ2v) is 38.1. The molecule has 0 amide bonds. The Morgan fingerprint density at radius 1 is 0.262 bits per heavy atom. The molecule has 0 bridgehead atoms. The molecule has 126 heavy (non-hydrogen) atoms. The van der Waals surface area contributed by atoms with E-state index in [0.717, 1.165) is 96.3 Å². The number of halogens is 3. The first-order chi connectivity index (χ1) is 61.2. The maximum Gasteiger partial charge on any atom is 0.494 e. The Balaban J connectivity index is 0.000000125. The monoisotopic (exact) mass is 1870 g/mol. The van der Waals surface area contributed by atoms with Crippen molar-refractivity contribution in [3.63, 3.8) is 0 Å². The van der Waals surface area contributed by atoms with Crippen LogP contribution in [-0.2, 0) is 20.1 Å². The van der Waals surface area contributed by atoms with Crippen molar-refractivity contribution in [3.8, 4) is 77.9 Å². The zero-order valence-corrected chi connectivity index (χ0v) is 76.5. The van der Waals surface area contributed by atoms with Gasteiger partial charge in [0, 0.05) is 92.1 Å². The van der Waals surface area contributed by atoms with Gasteiger partial charge in [0.1, 0.15) is 22.3 Å². The third kappa shape index (κ3) is 14.3. The lowest BCUT2D eigenvalue weighted by atomic mass is 9.79.